The molecule has 0 saturated heterocycles. The number of nitrogen functional groups attached to an aromatic ring is 1. The fourth-order valence-electron chi connectivity index (χ4n) is 1.33. The third kappa shape index (κ3) is 2.92. The third-order valence-corrected chi connectivity index (χ3v) is 2.23. The molecular formula is C11H18N2O. The molecule has 0 radical (unpaired) electrons. The van der Waals surface area contributed by atoms with E-state index in [9.17, 15) is 0 Å². The van der Waals surface area contributed by atoms with Gasteiger partial charge < -0.3 is 16.2 Å². The Balaban J connectivity index is 2.70. The summed E-state index contributed by atoms with van der Waals surface area (Å²) in [5, 5.41) is 12.1. The summed E-state index contributed by atoms with van der Waals surface area (Å²) < 4.78 is 0. The largest absolute Gasteiger partial charge is 0.399 e. The Morgan fingerprint density at radius 3 is 2.86 bits per heavy atom. The van der Waals surface area contributed by atoms with Gasteiger partial charge in [-0.15, -0.1) is 0 Å². The van der Waals surface area contributed by atoms with Crippen molar-refractivity contribution in [3.63, 3.8) is 0 Å². The van der Waals surface area contributed by atoms with Gasteiger partial charge in [0.05, 0.1) is 0 Å². The van der Waals surface area contributed by atoms with Gasteiger partial charge in [-0.2, -0.15) is 0 Å². The summed E-state index contributed by atoms with van der Waals surface area (Å²) in [6.45, 7) is 4.28. The molecule has 1 atom stereocenters. The van der Waals surface area contributed by atoms with Crippen LogP contribution in [0.2, 0.25) is 0 Å². The highest BCUT2D eigenvalue weighted by Gasteiger charge is 2.03. The van der Waals surface area contributed by atoms with Crippen LogP contribution in [0.3, 0.4) is 0 Å². The van der Waals surface area contributed by atoms with E-state index < -0.39 is 0 Å². The summed E-state index contributed by atoms with van der Waals surface area (Å²) in [6, 6.07) is 6.06. The zero-order chi connectivity index (χ0) is 10.6. The molecular weight excluding hydrogens is 176 g/mol. The number of aryl methyl sites for hydroxylation is 1. The lowest BCUT2D eigenvalue weighted by molar-refractivity contribution is 0.282. The van der Waals surface area contributed by atoms with E-state index in [-0.39, 0.29) is 12.6 Å². The number of anilines is 2. The number of aliphatic hydroxyl groups is 1. The van der Waals surface area contributed by atoms with Crippen molar-refractivity contribution in [2.45, 2.75) is 26.3 Å². The second-order valence-corrected chi connectivity index (χ2v) is 3.63. The van der Waals surface area contributed by atoms with Crippen molar-refractivity contribution >= 4 is 11.4 Å². The molecule has 0 fully saturated rings. The van der Waals surface area contributed by atoms with E-state index in [2.05, 4.69) is 5.32 Å². The molecule has 1 aromatic rings. The van der Waals surface area contributed by atoms with E-state index in [1.54, 1.807) is 0 Å². The lowest BCUT2D eigenvalue weighted by atomic mass is 10.1. The number of hydrogen-bond acceptors (Lipinski definition) is 3. The highest BCUT2D eigenvalue weighted by atomic mass is 16.3. The molecule has 0 aliphatic heterocycles. The van der Waals surface area contributed by atoms with Crippen LogP contribution in [-0.4, -0.2) is 17.8 Å². The van der Waals surface area contributed by atoms with Crippen molar-refractivity contribution in [2.75, 3.05) is 17.7 Å². The maximum absolute atomic E-state index is 8.77. The minimum absolute atomic E-state index is 0.204. The first-order valence-electron chi connectivity index (χ1n) is 4.87. The number of nitrogens with one attached hydrogen (secondary N) is 1. The van der Waals surface area contributed by atoms with Crippen LogP contribution in [0, 0.1) is 6.92 Å². The Bertz CT molecular complexity index is 299. The minimum Gasteiger partial charge on any atom is -0.399 e. The fourth-order valence-corrected chi connectivity index (χ4v) is 1.33. The van der Waals surface area contributed by atoms with Gasteiger partial charge in [0.25, 0.3) is 0 Å². The highest BCUT2D eigenvalue weighted by Crippen LogP contribution is 2.19. The van der Waals surface area contributed by atoms with Gasteiger partial charge in [-0.05, 0) is 38.0 Å². The molecule has 0 amide bonds. The third-order valence-electron chi connectivity index (χ3n) is 2.23. The van der Waals surface area contributed by atoms with Crippen molar-refractivity contribution in [1.82, 2.24) is 0 Å². The first-order chi connectivity index (χ1) is 6.63. The summed E-state index contributed by atoms with van der Waals surface area (Å²) in [5.74, 6) is 0. The van der Waals surface area contributed by atoms with Gasteiger partial charge in [0.2, 0.25) is 0 Å². The normalized spacial score (nSPS) is 12.5. The molecule has 78 valence electrons. The molecule has 0 spiro atoms. The van der Waals surface area contributed by atoms with E-state index in [0.717, 1.165) is 17.8 Å². The molecule has 0 heterocycles. The molecule has 0 saturated carbocycles. The molecule has 0 aliphatic carbocycles. The smallest absolute Gasteiger partial charge is 0.0450 e. The van der Waals surface area contributed by atoms with Crippen LogP contribution in [0.5, 0.6) is 0 Å². The lowest BCUT2D eigenvalue weighted by Gasteiger charge is -2.16. The zero-order valence-corrected chi connectivity index (χ0v) is 8.75. The number of benzene rings is 1. The van der Waals surface area contributed by atoms with E-state index in [4.69, 9.17) is 10.8 Å². The predicted molar refractivity (Wildman–Crippen MR) is 60.4 cm³/mol. The van der Waals surface area contributed by atoms with E-state index in [1.165, 1.54) is 5.56 Å². The Kier molecular flexibility index (Phi) is 3.77. The topological polar surface area (TPSA) is 58.3 Å². The van der Waals surface area contributed by atoms with Gasteiger partial charge in [-0.3, -0.25) is 0 Å². The molecule has 0 aromatic heterocycles. The van der Waals surface area contributed by atoms with Crippen molar-refractivity contribution in [1.29, 1.82) is 0 Å². The summed E-state index contributed by atoms with van der Waals surface area (Å²) in [4.78, 5) is 0. The number of aliphatic hydroxyl groups excluding tert-OH is 1. The SMILES string of the molecule is Cc1ccc(N)cc1NC(C)CCO. The standard InChI is InChI=1S/C11H18N2O/c1-8-3-4-10(12)7-11(8)13-9(2)5-6-14/h3-4,7,9,13-14H,5-6,12H2,1-2H3. The van der Waals surface area contributed by atoms with Crippen LogP contribution in [0.4, 0.5) is 11.4 Å². The van der Waals surface area contributed by atoms with Crippen LogP contribution in [0.15, 0.2) is 18.2 Å². The Morgan fingerprint density at radius 2 is 2.21 bits per heavy atom. The number of rotatable bonds is 4. The van der Waals surface area contributed by atoms with Crippen LogP contribution < -0.4 is 11.1 Å². The van der Waals surface area contributed by atoms with E-state index in [0.29, 0.717) is 0 Å². The van der Waals surface area contributed by atoms with Crippen molar-refractivity contribution in [3.8, 4) is 0 Å². The van der Waals surface area contributed by atoms with Gasteiger partial charge in [-0.1, -0.05) is 6.07 Å². The van der Waals surface area contributed by atoms with Crippen LogP contribution >= 0.6 is 0 Å². The second kappa shape index (κ2) is 4.86. The van der Waals surface area contributed by atoms with Gasteiger partial charge in [-0.25, -0.2) is 0 Å². The summed E-state index contributed by atoms with van der Waals surface area (Å²) in [5.41, 5.74) is 8.66. The van der Waals surface area contributed by atoms with Crippen molar-refractivity contribution in [3.05, 3.63) is 23.8 Å². The van der Waals surface area contributed by atoms with Gasteiger partial charge in [0, 0.05) is 24.0 Å². The average Bonchev–Trinajstić information content (AvgIpc) is 2.12. The minimum atomic E-state index is 0.204. The first-order valence-corrected chi connectivity index (χ1v) is 4.87. The maximum Gasteiger partial charge on any atom is 0.0450 e. The number of nitrogens with two attached hydrogens (primary N) is 1. The van der Waals surface area contributed by atoms with E-state index in [1.807, 2.05) is 32.0 Å². The van der Waals surface area contributed by atoms with Crippen molar-refractivity contribution < 1.29 is 5.11 Å². The molecule has 3 heteroatoms. The lowest BCUT2D eigenvalue weighted by Crippen LogP contribution is -2.17. The quantitative estimate of drug-likeness (QED) is 0.640. The summed E-state index contributed by atoms with van der Waals surface area (Å²) >= 11 is 0. The molecule has 0 aliphatic rings. The van der Waals surface area contributed by atoms with Crippen LogP contribution in [0.25, 0.3) is 0 Å². The van der Waals surface area contributed by atoms with Gasteiger partial charge >= 0.3 is 0 Å². The molecule has 1 unspecified atom stereocenters. The second-order valence-electron chi connectivity index (χ2n) is 3.63. The zero-order valence-electron chi connectivity index (χ0n) is 8.75. The van der Waals surface area contributed by atoms with Crippen LogP contribution in [-0.2, 0) is 0 Å². The van der Waals surface area contributed by atoms with Crippen LogP contribution in [0.1, 0.15) is 18.9 Å². The molecule has 14 heavy (non-hydrogen) atoms. The molecule has 4 N–H and O–H groups in total. The molecule has 3 nitrogen and oxygen atoms in total. The Hall–Kier alpha value is -1.22. The molecule has 1 rings (SSSR count). The molecule has 0 bridgehead atoms. The molecule has 1 aromatic carbocycles. The summed E-state index contributed by atoms with van der Waals surface area (Å²) in [7, 11) is 0. The summed E-state index contributed by atoms with van der Waals surface area (Å²) in [6.07, 6.45) is 0.744. The number of hydrogen-bond donors (Lipinski definition) is 3. The van der Waals surface area contributed by atoms with Gasteiger partial charge in [0.1, 0.15) is 0 Å². The monoisotopic (exact) mass is 194 g/mol. The highest BCUT2D eigenvalue weighted by molar-refractivity contribution is 5.59. The first kappa shape index (κ1) is 10.9. The van der Waals surface area contributed by atoms with Gasteiger partial charge in [0.15, 0.2) is 0 Å². The predicted octanol–water partition coefficient (Wildman–Crippen LogP) is 1.76. The Labute approximate surface area is 84.9 Å². The fraction of sp³-hybridized carbons (Fsp3) is 0.455. The van der Waals surface area contributed by atoms with Crippen molar-refractivity contribution in [2.24, 2.45) is 0 Å². The maximum atomic E-state index is 8.77. The Morgan fingerprint density at radius 1 is 1.50 bits per heavy atom. The average molecular weight is 194 g/mol. The van der Waals surface area contributed by atoms with E-state index >= 15 is 0 Å².